The van der Waals surface area contributed by atoms with Gasteiger partial charge < -0.3 is 25.8 Å². The van der Waals surface area contributed by atoms with Gasteiger partial charge in [0.2, 0.25) is 0 Å². The number of rotatable bonds is 7. The highest BCUT2D eigenvalue weighted by Gasteiger charge is 2.47. The summed E-state index contributed by atoms with van der Waals surface area (Å²) in [5.41, 5.74) is 5.60. The Balaban J connectivity index is 2.07. The average Bonchev–Trinajstić information content (AvgIpc) is 2.78. The fourth-order valence-corrected chi connectivity index (χ4v) is 3.82. The van der Waals surface area contributed by atoms with E-state index in [1.54, 1.807) is 70.2 Å². The molecule has 0 spiro atoms. The van der Waals surface area contributed by atoms with Crippen molar-refractivity contribution in [1.29, 1.82) is 0 Å². The van der Waals surface area contributed by atoms with E-state index < -0.39 is 29.3 Å². The molecular formula is C26H33N3O5. The van der Waals surface area contributed by atoms with Crippen LogP contribution in [0.4, 0.5) is 5.69 Å². The van der Waals surface area contributed by atoms with Crippen LogP contribution in [0.1, 0.15) is 63.4 Å². The topological polar surface area (TPSA) is 120 Å². The van der Waals surface area contributed by atoms with Crippen molar-refractivity contribution in [2.24, 2.45) is 5.73 Å². The first-order valence-corrected chi connectivity index (χ1v) is 11.5. The maximum absolute atomic E-state index is 13.6. The summed E-state index contributed by atoms with van der Waals surface area (Å²) in [6.45, 7) is 8.86. The largest absolute Gasteiger partial charge is 0.479 e. The fourth-order valence-electron chi connectivity index (χ4n) is 3.82. The Morgan fingerprint density at radius 2 is 1.85 bits per heavy atom. The standard InChI is InChI=1S/C26H33N3O5/c1-6-10-21(29-23(31)17-11-8-7-9-12-17)26(27,24(32)34-25(3,4)5)18-13-14-20-19(15-18)28-22(30)16(2)33-20/h7-9,11-16,21H,6,10,27H2,1-5H3,(H,28,30)(H,29,31). The van der Waals surface area contributed by atoms with Crippen molar-refractivity contribution in [3.8, 4) is 5.75 Å². The van der Waals surface area contributed by atoms with Crippen molar-refractivity contribution in [3.63, 3.8) is 0 Å². The van der Waals surface area contributed by atoms with Crippen LogP contribution >= 0.6 is 0 Å². The molecule has 0 aromatic heterocycles. The molecule has 182 valence electrons. The highest BCUT2D eigenvalue weighted by molar-refractivity contribution is 5.98. The number of anilines is 1. The molecule has 1 heterocycles. The Kier molecular flexibility index (Phi) is 7.31. The highest BCUT2D eigenvalue weighted by atomic mass is 16.6. The first-order chi connectivity index (χ1) is 16.0. The number of hydrogen-bond donors (Lipinski definition) is 3. The van der Waals surface area contributed by atoms with Gasteiger partial charge in [0.25, 0.3) is 11.8 Å². The van der Waals surface area contributed by atoms with Gasteiger partial charge >= 0.3 is 5.97 Å². The minimum Gasteiger partial charge on any atom is -0.479 e. The summed E-state index contributed by atoms with van der Waals surface area (Å²) in [5, 5.41) is 5.74. The molecule has 0 bridgehead atoms. The number of amides is 2. The summed E-state index contributed by atoms with van der Waals surface area (Å²) in [6, 6.07) is 12.9. The Morgan fingerprint density at radius 1 is 1.18 bits per heavy atom. The summed E-state index contributed by atoms with van der Waals surface area (Å²) in [7, 11) is 0. The predicted molar refractivity (Wildman–Crippen MR) is 129 cm³/mol. The molecule has 0 radical (unpaired) electrons. The summed E-state index contributed by atoms with van der Waals surface area (Å²) in [6.07, 6.45) is 0.444. The molecule has 0 fully saturated rings. The van der Waals surface area contributed by atoms with Gasteiger partial charge in [-0.3, -0.25) is 9.59 Å². The van der Waals surface area contributed by atoms with Crippen LogP contribution in [0.25, 0.3) is 0 Å². The maximum atomic E-state index is 13.6. The van der Waals surface area contributed by atoms with E-state index in [9.17, 15) is 14.4 Å². The van der Waals surface area contributed by atoms with Crippen LogP contribution in [0, 0.1) is 0 Å². The van der Waals surface area contributed by atoms with Crippen LogP contribution < -0.4 is 21.1 Å². The zero-order valence-corrected chi connectivity index (χ0v) is 20.3. The third-order valence-corrected chi connectivity index (χ3v) is 5.59. The normalized spacial score (nSPS) is 17.9. The van der Waals surface area contributed by atoms with Gasteiger partial charge in [0.05, 0.1) is 11.7 Å². The van der Waals surface area contributed by atoms with E-state index in [2.05, 4.69) is 10.6 Å². The second-order valence-electron chi connectivity index (χ2n) is 9.51. The number of nitrogens with two attached hydrogens (primary N) is 1. The number of carbonyl (C=O) groups is 3. The molecule has 3 unspecified atom stereocenters. The van der Waals surface area contributed by atoms with E-state index in [-0.39, 0.29) is 11.8 Å². The van der Waals surface area contributed by atoms with Crippen LogP contribution in [0.15, 0.2) is 48.5 Å². The number of fused-ring (bicyclic) bond motifs is 1. The van der Waals surface area contributed by atoms with Gasteiger partial charge in [-0.15, -0.1) is 0 Å². The zero-order valence-electron chi connectivity index (χ0n) is 20.3. The fraction of sp³-hybridized carbons (Fsp3) is 0.423. The second-order valence-corrected chi connectivity index (χ2v) is 9.51. The highest BCUT2D eigenvalue weighted by Crippen LogP contribution is 2.36. The van der Waals surface area contributed by atoms with Crippen LogP contribution in [0.2, 0.25) is 0 Å². The number of nitrogens with one attached hydrogen (secondary N) is 2. The van der Waals surface area contributed by atoms with E-state index in [4.69, 9.17) is 15.2 Å². The molecule has 0 aliphatic carbocycles. The monoisotopic (exact) mass is 467 g/mol. The van der Waals surface area contributed by atoms with Gasteiger partial charge in [0.15, 0.2) is 11.6 Å². The molecule has 3 rings (SSSR count). The van der Waals surface area contributed by atoms with Gasteiger partial charge in [-0.1, -0.05) is 37.6 Å². The Hall–Kier alpha value is -3.39. The lowest BCUT2D eigenvalue weighted by molar-refractivity contribution is -0.163. The van der Waals surface area contributed by atoms with Crippen molar-refractivity contribution in [1.82, 2.24) is 5.32 Å². The summed E-state index contributed by atoms with van der Waals surface area (Å²) >= 11 is 0. The van der Waals surface area contributed by atoms with Gasteiger partial charge in [0.1, 0.15) is 11.4 Å². The lowest BCUT2D eigenvalue weighted by Crippen LogP contribution is -2.62. The van der Waals surface area contributed by atoms with Crippen LogP contribution in [0.5, 0.6) is 5.75 Å². The molecule has 1 aliphatic heterocycles. The van der Waals surface area contributed by atoms with Crippen LogP contribution in [-0.4, -0.2) is 35.5 Å². The number of ether oxygens (including phenoxy) is 2. The molecule has 3 atom stereocenters. The Morgan fingerprint density at radius 3 is 2.47 bits per heavy atom. The first-order valence-electron chi connectivity index (χ1n) is 11.5. The van der Waals surface area contributed by atoms with Crippen molar-refractivity contribution >= 4 is 23.5 Å². The molecule has 8 heteroatoms. The summed E-state index contributed by atoms with van der Waals surface area (Å²) in [4.78, 5) is 38.8. The SMILES string of the molecule is CCCC(NC(=O)c1ccccc1)C(N)(C(=O)OC(C)(C)C)c1ccc2c(c1)NC(=O)C(C)O2. The average molecular weight is 468 g/mol. The number of carbonyl (C=O) groups excluding carboxylic acids is 3. The van der Waals surface area contributed by atoms with Crippen molar-refractivity contribution in [2.75, 3.05) is 5.32 Å². The number of esters is 1. The van der Waals surface area contributed by atoms with Gasteiger partial charge in [-0.2, -0.15) is 0 Å². The zero-order chi connectivity index (χ0) is 25.1. The summed E-state index contributed by atoms with van der Waals surface area (Å²) < 4.78 is 11.4. The number of benzene rings is 2. The minimum absolute atomic E-state index is 0.299. The van der Waals surface area contributed by atoms with Crippen LogP contribution in [-0.2, 0) is 19.9 Å². The van der Waals surface area contributed by atoms with E-state index in [0.717, 1.165) is 0 Å². The summed E-state index contributed by atoms with van der Waals surface area (Å²) in [5.74, 6) is -0.848. The maximum Gasteiger partial charge on any atom is 0.333 e. The predicted octanol–water partition coefficient (Wildman–Crippen LogP) is 3.50. The molecule has 8 nitrogen and oxygen atoms in total. The minimum atomic E-state index is -1.73. The van der Waals surface area contributed by atoms with Crippen LogP contribution in [0.3, 0.4) is 0 Å². The Bertz CT molecular complexity index is 1060. The van der Waals surface area contributed by atoms with Gasteiger partial charge in [0, 0.05) is 5.56 Å². The quantitative estimate of drug-likeness (QED) is 0.536. The molecule has 2 amide bonds. The Labute approximate surface area is 200 Å². The molecular weight excluding hydrogens is 434 g/mol. The van der Waals surface area contributed by atoms with Crippen molar-refractivity contribution in [3.05, 3.63) is 59.7 Å². The lowest BCUT2D eigenvalue weighted by Gasteiger charge is -2.38. The van der Waals surface area contributed by atoms with Gasteiger partial charge in [-0.25, -0.2) is 4.79 Å². The third kappa shape index (κ3) is 5.39. The molecule has 0 saturated heterocycles. The molecule has 0 saturated carbocycles. The van der Waals surface area contributed by atoms with Crippen molar-refractivity contribution in [2.45, 2.75) is 70.7 Å². The third-order valence-electron chi connectivity index (χ3n) is 5.59. The second kappa shape index (κ2) is 9.85. The van der Waals surface area contributed by atoms with E-state index in [1.807, 2.05) is 13.0 Å². The molecule has 4 N–H and O–H groups in total. The molecule has 2 aromatic rings. The van der Waals surface area contributed by atoms with E-state index in [0.29, 0.717) is 35.4 Å². The molecule has 1 aliphatic rings. The van der Waals surface area contributed by atoms with Gasteiger partial charge in [-0.05, 0) is 63.9 Å². The van der Waals surface area contributed by atoms with E-state index >= 15 is 0 Å². The molecule has 34 heavy (non-hydrogen) atoms. The lowest BCUT2D eigenvalue weighted by atomic mass is 9.80. The first kappa shape index (κ1) is 25.2. The van der Waals surface area contributed by atoms with E-state index in [1.165, 1.54) is 0 Å². The molecule has 2 aromatic carbocycles. The smallest absolute Gasteiger partial charge is 0.333 e. The van der Waals surface area contributed by atoms with Crippen molar-refractivity contribution < 1.29 is 23.9 Å². The number of hydrogen-bond acceptors (Lipinski definition) is 6.